The normalized spacial score (nSPS) is 14.9. The van der Waals surface area contributed by atoms with Crippen LogP contribution in [0.5, 0.6) is 0 Å². The van der Waals surface area contributed by atoms with E-state index in [1.54, 1.807) is 0 Å². The van der Waals surface area contributed by atoms with Crippen LogP contribution in [0.2, 0.25) is 0 Å². The molecule has 0 bridgehead atoms. The van der Waals surface area contributed by atoms with Crippen LogP contribution in [-0.2, 0) is 10.8 Å². The Morgan fingerprint density at radius 3 is 1.69 bits per heavy atom. The van der Waals surface area contributed by atoms with Gasteiger partial charge in [0.15, 0.2) is 0 Å². The van der Waals surface area contributed by atoms with Crippen LogP contribution in [0.4, 0.5) is 17.1 Å². The molecular weight excluding hydrogens is 823 g/mol. The van der Waals surface area contributed by atoms with Gasteiger partial charge in [-0.2, -0.15) is 0 Å². The minimum absolute atomic E-state index is 0.0654. The third kappa shape index (κ3) is 5.64. The van der Waals surface area contributed by atoms with Gasteiger partial charge in [-0.1, -0.05) is 190 Å². The summed E-state index contributed by atoms with van der Waals surface area (Å²) in [6.45, 7) is 4.76. The molecule has 1 aromatic heterocycles. The molecule has 3 aliphatic carbocycles. The quantitative estimate of drug-likeness (QED) is 0.166. The van der Waals surface area contributed by atoms with Crippen molar-refractivity contribution in [1.82, 2.24) is 0 Å². The van der Waals surface area contributed by atoms with E-state index in [1.165, 1.54) is 109 Å². The molecule has 0 saturated heterocycles. The lowest BCUT2D eigenvalue weighted by atomic mass is 9.76. The van der Waals surface area contributed by atoms with Gasteiger partial charge in [-0.05, 0) is 145 Å². The molecule has 0 radical (unpaired) electrons. The molecule has 0 N–H and O–H groups in total. The van der Waals surface area contributed by atoms with Crippen LogP contribution in [0.15, 0.2) is 217 Å². The third-order valence-electron chi connectivity index (χ3n) is 16.0. The first-order chi connectivity index (χ1) is 33.5. The van der Waals surface area contributed by atoms with Gasteiger partial charge >= 0.3 is 0 Å². The molecule has 0 unspecified atom stereocenters. The highest BCUT2D eigenvalue weighted by molar-refractivity contribution is 6.19. The van der Waals surface area contributed by atoms with Gasteiger partial charge in [-0.3, -0.25) is 0 Å². The zero-order valence-electron chi connectivity index (χ0n) is 38.4. The van der Waals surface area contributed by atoms with Gasteiger partial charge in [0, 0.05) is 44.1 Å². The lowest BCUT2D eigenvalue weighted by molar-refractivity contribution is 0.550. The van der Waals surface area contributed by atoms with Crippen LogP contribution < -0.4 is 4.90 Å². The maximum absolute atomic E-state index is 6.61. The second kappa shape index (κ2) is 14.8. The largest absolute Gasteiger partial charge is 0.455 e. The van der Waals surface area contributed by atoms with Crippen LogP contribution in [0, 0.1) is 0 Å². The molecule has 0 aliphatic heterocycles. The Morgan fingerprint density at radius 2 is 0.941 bits per heavy atom. The summed E-state index contributed by atoms with van der Waals surface area (Å²) < 4.78 is 6.61. The zero-order valence-corrected chi connectivity index (χ0v) is 38.4. The number of nitrogens with zero attached hydrogens (tertiary/aromatic N) is 1. The van der Waals surface area contributed by atoms with Crippen LogP contribution in [0.25, 0.3) is 88.3 Å². The van der Waals surface area contributed by atoms with Gasteiger partial charge in [-0.15, -0.1) is 0 Å². The van der Waals surface area contributed by atoms with Gasteiger partial charge in [0.1, 0.15) is 11.2 Å². The summed E-state index contributed by atoms with van der Waals surface area (Å²) in [5, 5.41) is 4.63. The van der Waals surface area contributed by atoms with Crippen molar-refractivity contribution >= 4 is 49.8 Å². The fourth-order valence-electron chi connectivity index (χ4n) is 13.0. The van der Waals surface area contributed by atoms with Crippen LogP contribution >= 0.6 is 0 Å². The highest BCUT2D eigenvalue weighted by Crippen LogP contribution is 2.58. The average molecular weight is 872 g/mol. The van der Waals surface area contributed by atoms with E-state index in [9.17, 15) is 0 Å². The minimum atomic E-state index is -0.114. The van der Waals surface area contributed by atoms with Gasteiger partial charge in [-0.25, -0.2) is 0 Å². The van der Waals surface area contributed by atoms with E-state index in [0.29, 0.717) is 0 Å². The predicted molar refractivity (Wildman–Crippen MR) is 284 cm³/mol. The molecule has 3 aliphatic rings. The van der Waals surface area contributed by atoms with E-state index >= 15 is 0 Å². The molecule has 11 aromatic rings. The van der Waals surface area contributed by atoms with Crippen molar-refractivity contribution in [3.05, 3.63) is 235 Å². The maximum Gasteiger partial charge on any atom is 0.143 e. The molecule has 2 nitrogen and oxygen atoms in total. The van der Waals surface area contributed by atoms with Crippen molar-refractivity contribution < 1.29 is 4.42 Å². The second-order valence-electron chi connectivity index (χ2n) is 19.9. The molecule has 10 aromatic carbocycles. The van der Waals surface area contributed by atoms with Crippen LogP contribution in [-0.4, -0.2) is 0 Å². The first-order valence-electron chi connectivity index (χ1n) is 24.4. The molecule has 1 fully saturated rings. The molecule has 68 heavy (non-hydrogen) atoms. The molecule has 1 spiro atoms. The van der Waals surface area contributed by atoms with E-state index in [4.69, 9.17) is 4.42 Å². The van der Waals surface area contributed by atoms with Crippen LogP contribution in [0.1, 0.15) is 61.8 Å². The van der Waals surface area contributed by atoms with Gasteiger partial charge in [0.05, 0.1) is 0 Å². The summed E-state index contributed by atoms with van der Waals surface area (Å²) in [5.41, 5.74) is 23.8. The van der Waals surface area contributed by atoms with Gasteiger partial charge in [0.25, 0.3) is 0 Å². The van der Waals surface area contributed by atoms with Crippen molar-refractivity contribution in [3.8, 4) is 55.6 Å². The summed E-state index contributed by atoms with van der Waals surface area (Å²) in [5.74, 6) is 0. The van der Waals surface area contributed by atoms with E-state index in [0.717, 1.165) is 44.3 Å². The number of fused-ring (bicyclic) bond motifs is 13. The van der Waals surface area contributed by atoms with Crippen molar-refractivity contribution in [3.63, 3.8) is 0 Å². The molecule has 1 saturated carbocycles. The zero-order chi connectivity index (χ0) is 45.1. The average Bonchev–Trinajstić information content (AvgIpc) is 4.16. The number of anilines is 3. The summed E-state index contributed by atoms with van der Waals surface area (Å²) in [7, 11) is 0. The smallest absolute Gasteiger partial charge is 0.143 e. The number of hydrogen-bond donors (Lipinski definition) is 0. The summed E-state index contributed by atoms with van der Waals surface area (Å²) >= 11 is 0. The third-order valence-corrected chi connectivity index (χ3v) is 16.0. The highest BCUT2D eigenvalue weighted by atomic mass is 16.3. The molecule has 1 heterocycles. The molecular formula is C66H49NO. The number of benzene rings is 10. The Balaban J connectivity index is 0.893. The second-order valence-corrected chi connectivity index (χ2v) is 19.9. The molecule has 14 rings (SSSR count). The Labute approximate surface area is 397 Å². The van der Waals surface area contributed by atoms with Crippen LogP contribution in [0.3, 0.4) is 0 Å². The minimum Gasteiger partial charge on any atom is -0.455 e. The Morgan fingerprint density at radius 1 is 0.397 bits per heavy atom. The summed E-state index contributed by atoms with van der Waals surface area (Å²) in [6.07, 6.45) is 4.91. The maximum atomic E-state index is 6.61. The fourth-order valence-corrected chi connectivity index (χ4v) is 13.0. The number of hydrogen-bond acceptors (Lipinski definition) is 2. The number of furan rings is 1. The lowest BCUT2D eigenvalue weighted by Gasteiger charge is -2.30. The Bertz CT molecular complexity index is 3820. The topological polar surface area (TPSA) is 16.4 Å². The highest BCUT2D eigenvalue weighted by Gasteiger charge is 2.45. The van der Waals surface area contributed by atoms with Crippen molar-refractivity contribution in [1.29, 1.82) is 0 Å². The first-order valence-corrected chi connectivity index (χ1v) is 24.4. The molecule has 0 amide bonds. The van der Waals surface area contributed by atoms with Gasteiger partial charge < -0.3 is 9.32 Å². The first kappa shape index (κ1) is 39.2. The number of rotatable bonds is 6. The monoisotopic (exact) mass is 871 g/mol. The van der Waals surface area contributed by atoms with Crippen molar-refractivity contribution in [2.45, 2.75) is 50.4 Å². The SMILES string of the molecule is CC1(C)c2ccccc2-c2cccc(-c3ccccc3-c3ccc(N(c4ccc(-c5cccc6oc7c8ccccc8ccc7c56)cc4)c4ccc5c(c4)C4(CCCC4)c4ccccc4-5)cc3)c21. The van der Waals surface area contributed by atoms with E-state index < -0.39 is 0 Å². The molecule has 324 valence electrons. The van der Waals surface area contributed by atoms with Crippen molar-refractivity contribution in [2.24, 2.45) is 0 Å². The van der Waals surface area contributed by atoms with E-state index in [-0.39, 0.29) is 10.8 Å². The van der Waals surface area contributed by atoms with E-state index in [2.05, 4.69) is 231 Å². The molecule has 0 atom stereocenters. The van der Waals surface area contributed by atoms with E-state index in [1.807, 2.05) is 0 Å². The fraction of sp³-hybridized carbons (Fsp3) is 0.121. The predicted octanol–water partition coefficient (Wildman–Crippen LogP) is 18.4. The standard InChI is InChI=1S/C66H49NO/c1-65(2)58-24-9-7-20-53(58)56-23-13-22-55(63(56)65)51-18-6-5-16-48(51)43-27-32-45(33-28-43)67(47-36-38-54-52-19-8-10-25-59(52)66(60(54)41-47)39-11-12-40-66)46-34-29-44(30-35-46)49-21-14-26-61-62(49)57-37-31-42-15-3-4-17-50(42)64(57)68-61/h3-10,13-38,41H,11-12,39-40H2,1-2H3. The molecule has 2 heteroatoms. The Kier molecular flexibility index (Phi) is 8.53. The van der Waals surface area contributed by atoms with Crippen molar-refractivity contribution in [2.75, 3.05) is 4.90 Å². The summed E-state index contributed by atoms with van der Waals surface area (Å²) in [4.78, 5) is 2.47. The van der Waals surface area contributed by atoms with Gasteiger partial charge in [0.2, 0.25) is 0 Å². The lowest BCUT2D eigenvalue weighted by Crippen LogP contribution is -2.21. The Hall–Kier alpha value is -7.94. The summed E-state index contributed by atoms with van der Waals surface area (Å²) in [6, 6.07) is 79.1.